The molecule has 20 heavy (non-hydrogen) atoms. The topological polar surface area (TPSA) is 38.9 Å². The number of thiazole rings is 1. The minimum atomic E-state index is 0.616. The second-order valence-corrected chi connectivity index (χ2v) is 5.99. The van der Waals surface area contributed by atoms with Crippen LogP contribution in [0.1, 0.15) is 22.4 Å². The standard InChI is InChI=1S/C17H14N2S/c18-17-19-14(10-20-17)9-8-11-4-5-13-7-6-12-2-1-3-15(11)16(12)13/h1-5,8-10H,6-7H2,(H2,18,19)/b9-8+. The van der Waals surface area contributed by atoms with Gasteiger partial charge in [-0.05, 0) is 46.4 Å². The van der Waals surface area contributed by atoms with Gasteiger partial charge in [-0.3, -0.25) is 0 Å². The molecule has 0 saturated carbocycles. The van der Waals surface area contributed by atoms with Gasteiger partial charge in [-0.15, -0.1) is 11.3 Å². The number of nitrogens with zero attached hydrogens (tertiary/aromatic N) is 1. The predicted octanol–water partition coefficient (Wildman–Crippen LogP) is 4.15. The Balaban J connectivity index is 1.83. The van der Waals surface area contributed by atoms with Crippen molar-refractivity contribution >= 4 is 39.4 Å². The fraction of sp³-hybridized carbons (Fsp3) is 0.118. The predicted molar refractivity (Wildman–Crippen MR) is 86.8 cm³/mol. The Kier molecular flexibility index (Phi) is 2.60. The normalized spacial score (nSPS) is 13.6. The van der Waals surface area contributed by atoms with Crippen LogP contribution in [-0.4, -0.2) is 4.98 Å². The van der Waals surface area contributed by atoms with Gasteiger partial charge in [0.05, 0.1) is 5.69 Å². The van der Waals surface area contributed by atoms with Gasteiger partial charge in [0.2, 0.25) is 0 Å². The lowest BCUT2D eigenvalue weighted by molar-refractivity contribution is 1.02. The van der Waals surface area contributed by atoms with E-state index in [4.69, 9.17) is 5.73 Å². The number of anilines is 1. The zero-order valence-electron chi connectivity index (χ0n) is 11.0. The lowest BCUT2D eigenvalue weighted by Gasteiger charge is -2.05. The number of nitrogens with two attached hydrogens (primary N) is 1. The van der Waals surface area contributed by atoms with Gasteiger partial charge in [0.1, 0.15) is 0 Å². The van der Waals surface area contributed by atoms with Crippen LogP contribution in [0.25, 0.3) is 22.9 Å². The summed E-state index contributed by atoms with van der Waals surface area (Å²) in [7, 11) is 0. The van der Waals surface area contributed by atoms with Crippen LogP contribution in [0.4, 0.5) is 5.13 Å². The van der Waals surface area contributed by atoms with Gasteiger partial charge in [0.25, 0.3) is 0 Å². The average Bonchev–Trinajstić information content (AvgIpc) is 3.06. The first kappa shape index (κ1) is 11.7. The van der Waals surface area contributed by atoms with Crippen molar-refractivity contribution < 1.29 is 0 Å². The largest absolute Gasteiger partial charge is 0.375 e. The first-order valence-electron chi connectivity index (χ1n) is 6.74. The zero-order valence-corrected chi connectivity index (χ0v) is 11.8. The molecule has 1 heterocycles. The molecule has 0 aliphatic heterocycles. The molecule has 0 amide bonds. The molecule has 4 rings (SSSR count). The van der Waals surface area contributed by atoms with Crippen LogP contribution < -0.4 is 5.73 Å². The van der Waals surface area contributed by atoms with E-state index in [9.17, 15) is 0 Å². The molecule has 1 aliphatic carbocycles. The van der Waals surface area contributed by atoms with Crippen LogP contribution in [0.3, 0.4) is 0 Å². The molecule has 3 aromatic rings. The number of hydrogen-bond donors (Lipinski definition) is 1. The lowest BCUT2D eigenvalue weighted by atomic mass is 9.99. The number of aryl methyl sites for hydroxylation is 2. The number of hydrogen-bond acceptors (Lipinski definition) is 3. The summed E-state index contributed by atoms with van der Waals surface area (Å²) >= 11 is 1.47. The summed E-state index contributed by atoms with van der Waals surface area (Å²) in [5.41, 5.74) is 10.8. The van der Waals surface area contributed by atoms with Crippen LogP contribution in [-0.2, 0) is 12.8 Å². The summed E-state index contributed by atoms with van der Waals surface area (Å²) in [5, 5.41) is 5.39. The van der Waals surface area contributed by atoms with Crippen LogP contribution in [0.15, 0.2) is 35.7 Å². The Bertz CT molecular complexity index is 820. The monoisotopic (exact) mass is 278 g/mol. The van der Waals surface area contributed by atoms with Crippen molar-refractivity contribution in [2.75, 3.05) is 5.73 Å². The molecule has 98 valence electrons. The van der Waals surface area contributed by atoms with Crippen LogP contribution in [0.5, 0.6) is 0 Å². The molecule has 2 N–H and O–H groups in total. The van der Waals surface area contributed by atoms with Gasteiger partial charge in [0, 0.05) is 5.38 Å². The highest BCUT2D eigenvalue weighted by Gasteiger charge is 2.14. The second-order valence-electron chi connectivity index (χ2n) is 5.10. The molecule has 1 aromatic heterocycles. The van der Waals surface area contributed by atoms with Crippen molar-refractivity contribution in [2.24, 2.45) is 0 Å². The van der Waals surface area contributed by atoms with E-state index in [1.165, 1.54) is 51.6 Å². The van der Waals surface area contributed by atoms with Gasteiger partial charge in [-0.2, -0.15) is 0 Å². The third kappa shape index (κ3) is 1.82. The van der Waals surface area contributed by atoms with Gasteiger partial charge in [-0.1, -0.05) is 36.4 Å². The van der Waals surface area contributed by atoms with Gasteiger partial charge >= 0.3 is 0 Å². The smallest absolute Gasteiger partial charge is 0.180 e. The highest BCUT2D eigenvalue weighted by molar-refractivity contribution is 7.13. The summed E-state index contributed by atoms with van der Waals surface area (Å²) in [6.45, 7) is 0. The Labute approximate surface area is 121 Å². The summed E-state index contributed by atoms with van der Waals surface area (Å²) in [5.74, 6) is 0. The van der Waals surface area contributed by atoms with Crippen LogP contribution in [0.2, 0.25) is 0 Å². The summed E-state index contributed by atoms with van der Waals surface area (Å²) < 4.78 is 0. The number of benzene rings is 2. The quantitative estimate of drug-likeness (QED) is 0.765. The molecule has 0 atom stereocenters. The van der Waals surface area contributed by atoms with E-state index in [0.29, 0.717) is 5.13 Å². The van der Waals surface area contributed by atoms with E-state index in [1.54, 1.807) is 0 Å². The molecule has 2 aromatic carbocycles. The minimum Gasteiger partial charge on any atom is -0.375 e. The fourth-order valence-electron chi connectivity index (χ4n) is 2.97. The van der Waals surface area contributed by atoms with Crippen molar-refractivity contribution in [3.05, 3.63) is 58.1 Å². The summed E-state index contributed by atoms with van der Waals surface area (Å²) in [6, 6.07) is 11.1. The van der Waals surface area contributed by atoms with Crippen molar-refractivity contribution in [1.29, 1.82) is 0 Å². The number of nitrogen functional groups attached to an aromatic ring is 1. The molecule has 2 nitrogen and oxygen atoms in total. The number of rotatable bonds is 2. The first-order valence-corrected chi connectivity index (χ1v) is 7.62. The second kappa shape index (κ2) is 4.46. The van der Waals surface area contributed by atoms with Crippen LogP contribution >= 0.6 is 11.3 Å². The van der Waals surface area contributed by atoms with E-state index in [1.807, 2.05) is 11.5 Å². The van der Waals surface area contributed by atoms with E-state index < -0.39 is 0 Å². The zero-order chi connectivity index (χ0) is 13.5. The SMILES string of the molecule is Nc1nc(/C=C/c2ccc3c4c(cccc24)CC3)cs1. The Hall–Kier alpha value is -2.13. The molecular weight excluding hydrogens is 264 g/mol. The molecule has 0 fully saturated rings. The third-order valence-corrected chi connectivity index (χ3v) is 4.58. The molecule has 0 spiro atoms. The maximum atomic E-state index is 5.66. The first-order chi connectivity index (χ1) is 9.81. The van der Waals surface area contributed by atoms with Crippen molar-refractivity contribution in [3.63, 3.8) is 0 Å². The van der Waals surface area contributed by atoms with Gasteiger partial charge in [0.15, 0.2) is 5.13 Å². The van der Waals surface area contributed by atoms with E-state index in [-0.39, 0.29) is 0 Å². The van der Waals surface area contributed by atoms with E-state index in [0.717, 1.165) is 5.69 Å². The average molecular weight is 278 g/mol. The Morgan fingerprint density at radius 3 is 2.70 bits per heavy atom. The van der Waals surface area contributed by atoms with Crippen molar-refractivity contribution in [2.45, 2.75) is 12.8 Å². The molecule has 0 unspecified atom stereocenters. The van der Waals surface area contributed by atoms with Crippen LogP contribution in [0, 0.1) is 0 Å². The Morgan fingerprint density at radius 2 is 1.90 bits per heavy atom. The molecule has 0 radical (unpaired) electrons. The fourth-order valence-corrected chi connectivity index (χ4v) is 3.50. The number of aromatic nitrogens is 1. The highest BCUT2D eigenvalue weighted by Crippen LogP contribution is 2.33. The van der Waals surface area contributed by atoms with Gasteiger partial charge in [-0.25, -0.2) is 4.98 Å². The van der Waals surface area contributed by atoms with E-state index >= 15 is 0 Å². The molecule has 3 heteroatoms. The van der Waals surface area contributed by atoms with Crippen molar-refractivity contribution in [1.82, 2.24) is 4.98 Å². The van der Waals surface area contributed by atoms with E-state index in [2.05, 4.69) is 41.4 Å². The molecule has 0 bridgehead atoms. The maximum absolute atomic E-state index is 5.66. The highest BCUT2D eigenvalue weighted by atomic mass is 32.1. The maximum Gasteiger partial charge on any atom is 0.180 e. The third-order valence-electron chi connectivity index (χ3n) is 3.88. The minimum absolute atomic E-state index is 0.616. The lowest BCUT2D eigenvalue weighted by Crippen LogP contribution is -1.83. The molecule has 0 saturated heterocycles. The summed E-state index contributed by atoms with van der Waals surface area (Å²) in [6.07, 6.45) is 6.51. The molecule has 1 aliphatic rings. The van der Waals surface area contributed by atoms with Gasteiger partial charge < -0.3 is 5.73 Å². The summed E-state index contributed by atoms with van der Waals surface area (Å²) in [4.78, 5) is 4.26. The van der Waals surface area contributed by atoms with Crippen molar-refractivity contribution in [3.8, 4) is 0 Å². The molecular formula is C17H14N2S. The Morgan fingerprint density at radius 1 is 1.05 bits per heavy atom.